The van der Waals surface area contributed by atoms with Gasteiger partial charge in [0.25, 0.3) is 0 Å². The molecule has 0 aromatic carbocycles. The first-order chi connectivity index (χ1) is 5.59. The normalized spacial score (nSPS) is 47.0. The lowest BCUT2D eigenvalue weighted by molar-refractivity contribution is 0.139. The van der Waals surface area contributed by atoms with Crippen LogP contribution in [0.4, 0.5) is 0 Å². The Hall–Kier alpha value is 0. The van der Waals surface area contributed by atoms with Gasteiger partial charge in [0.15, 0.2) is 0 Å². The Morgan fingerprint density at radius 3 is 2.58 bits per heavy atom. The Balaban J connectivity index is 2.06. The van der Waals surface area contributed by atoms with Gasteiger partial charge in [-0.05, 0) is 55.3 Å². The molecule has 3 unspecified atom stereocenters. The summed E-state index contributed by atoms with van der Waals surface area (Å²) in [5.74, 6) is 3.05. The fourth-order valence-corrected chi connectivity index (χ4v) is 3.49. The molecule has 0 heterocycles. The molecule has 2 bridgehead atoms. The third-order valence-corrected chi connectivity index (χ3v) is 4.27. The van der Waals surface area contributed by atoms with E-state index in [9.17, 15) is 0 Å². The molecular formula is C12H22. The van der Waals surface area contributed by atoms with E-state index in [-0.39, 0.29) is 0 Å². The molecule has 0 spiro atoms. The van der Waals surface area contributed by atoms with Crippen LogP contribution in [-0.2, 0) is 0 Å². The highest BCUT2D eigenvalue weighted by molar-refractivity contribution is 4.93. The summed E-state index contributed by atoms with van der Waals surface area (Å²) in [6, 6.07) is 0. The van der Waals surface area contributed by atoms with Crippen LogP contribution >= 0.6 is 0 Å². The molecule has 0 aliphatic heterocycles. The van der Waals surface area contributed by atoms with E-state index in [0.717, 1.165) is 23.2 Å². The molecule has 0 saturated heterocycles. The molecule has 70 valence electrons. The van der Waals surface area contributed by atoms with Gasteiger partial charge in [-0.2, -0.15) is 0 Å². The summed E-state index contributed by atoms with van der Waals surface area (Å²) in [7, 11) is 0. The fraction of sp³-hybridized carbons (Fsp3) is 1.00. The van der Waals surface area contributed by atoms with Gasteiger partial charge < -0.3 is 0 Å². The van der Waals surface area contributed by atoms with Crippen LogP contribution in [0.1, 0.15) is 52.9 Å². The second-order valence-electron chi connectivity index (χ2n) is 5.86. The summed E-state index contributed by atoms with van der Waals surface area (Å²) in [5, 5.41) is 0. The zero-order chi connectivity index (χ0) is 8.77. The third kappa shape index (κ3) is 1.41. The Kier molecular flexibility index (Phi) is 1.97. The van der Waals surface area contributed by atoms with Gasteiger partial charge in [-0.3, -0.25) is 0 Å². The lowest BCUT2D eigenvalue weighted by atomic mass is 9.69. The van der Waals surface area contributed by atoms with Crippen LogP contribution in [-0.4, -0.2) is 0 Å². The summed E-state index contributed by atoms with van der Waals surface area (Å²) < 4.78 is 0. The summed E-state index contributed by atoms with van der Waals surface area (Å²) >= 11 is 0. The van der Waals surface area contributed by atoms with Crippen molar-refractivity contribution in [3.8, 4) is 0 Å². The highest BCUT2D eigenvalue weighted by Crippen LogP contribution is 2.54. The van der Waals surface area contributed by atoms with Gasteiger partial charge in [0.1, 0.15) is 0 Å². The van der Waals surface area contributed by atoms with Crippen molar-refractivity contribution in [3.63, 3.8) is 0 Å². The maximum atomic E-state index is 2.52. The summed E-state index contributed by atoms with van der Waals surface area (Å²) in [5.41, 5.74) is 0.748. The Bertz CT molecular complexity index is 171. The number of fused-ring (bicyclic) bond motifs is 2. The monoisotopic (exact) mass is 166 g/mol. The van der Waals surface area contributed by atoms with Gasteiger partial charge in [-0.1, -0.05) is 20.8 Å². The number of hydrogen-bond acceptors (Lipinski definition) is 0. The Morgan fingerprint density at radius 2 is 2.00 bits per heavy atom. The molecule has 2 rings (SSSR count). The molecule has 2 saturated carbocycles. The molecule has 0 aromatic rings. The van der Waals surface area contributed by atoms with Crippen LogP contribution in [0.25, 0.3) is 0 Å². The maximum absolute atomic E-state index is 2.52. The SMILES string of the molecule is CC(C)C1CC2CCC(C)(C2)C1. The quantitative estimate of drug-likeness (QED) is 0.555. The molecular weight excluding hydrogens is 144 g/mol. The van der Waals surface area contributed by atoms with Crippen LogP contribution in [0.15, 0.2) is 0 Å². The highest BCUT2D eigenvalue weighted by atomic mass is 14.5. The topological polar surface area (TPSA) is 0 Å². The highest BCUT2D eigenvalue weighted by Gasteiger charge is 2.42. The maximum Gasteiger partial charge on any atom is -0.0320 e. The summed E-state index contributed by atoms with van der Waals surface area (Å²) in [4.78, 5) is 0. The molecule has 2 aliphatic rings. The molecule has 2 aliphatic carbocycles. The van der Waals surface area contributed by atoms with E-state index in [4.69, 9.17) is 0 Å². The molecule has 0 nitrogen and oxygen atoms in total. The van der Waals surface area contributed by atoms with Crippen molar-refractivity contribution in [1.29, 1.82) is 0 Å². The van der Waals surface area contributed by atoms with Crippen LogP contribution < -0.4 is 0 Å². The van der Waals surface area contributed by atoms with Crippen LogP contribution in [0.5, 0.6) is 0 Å². The second kappa shape index (κ2) is 2.75. The van der Waals surface area contributed by atoms with Gasteiger partial charge in [0.05, 0.1) is 0 Å². The van der Waals surface area contributed by atoms with Crippen molar-refractivity contribution in [2.24, 2.45) is 23.2 Å². The smallest absolute Gasteiger partial charge is 0.0320 e. The average molecular weight is 166 g/mol. The van der Waals surface area contributed by atoms with E-state index in [1.54, 1.807) is 0 Å². The van der Waals surface area contributed by atoms with Crippen molar-refractivity contribution >= 4 is 0 Å². The van der Waals surface area contributed by atoms with Crippen molar-refractivity contribution in [2.75, 3.05) is 0 Å². The largest absolute Gasteiger partial charge is 0.0625 e. The molecule has 0 amide bonds. The standard InChI is InChI=1S/C12H22/c1-9(2)11-6-10-4-5-12(3,7-10)8-11/h9-11H,4-8H2,1-3H3. The zero-order valence-corrected chi connectivity index (χ0v) is 8.77. The van der Waals surface area contributed by atoms with Gasteiger partial charge in [-0.25, -0.2) is 0 Å². The van der Waals surface area contributed by atoms with E-state index in [0.29, 0.717) is 0 Å². The van der Waals surface area contributed by atoms with E-state index >= 15 is 0 Å². The molecule has 0 heteroatoms. The lowest BCUT2D eigenvalue weighted by Gasteiger charge is -2.37. The first-order valence-corrected chi connectivity index (χ1v) is 5.59. The molecule has 3 atom stereocenters. The van der Waals surface area contributed by atoms with Gasteiger partial charge in [0.2, 0.25) is 0 Å². The predicted molar refractivity (Wildman–Crippen MR) is 53.0 cm³/mol. The Labute approximate surface area is 76.7 Å². The van der Waals surface area contributed by atoms with E-state index < -0.39 is 0 Å². The van der Waals surface area contributed by atoms with E-state index in [1.165, 1.54) is 32.1 Å². The van der Waals surface area contributed by atoms with E-state index in [1.807, 2.05) is 0 Å². The average Bonchev–Trinajstić information content (AvgIpc) is 2.25. The molecule has 0 N–H and O–H groups in total. The van der Waals surface area contributed by atoms with Crippen LogP contribution in [0.3, 0.4) is 0 Å². The van der Waals surface area contributed by atoms with Crippen molar-refractivity contribution < 1.29 is 0 Å². The fourth-order valence-electron chi connectivity index (χ4n) is 3.49. The summed E-state index contributed by atoms with van der Waals surface area (Å²) in [6.07, 6.45) is 7.63. The number of rotatable bonds is 1. The molecule has 0 aromatic heterocycles. The molecule has 12 heavy (non-hydrogen) atoms. The predicted octanol–water partition coefficient (Wildman–Crippen LogP) is 3.86. The van der Waals surface area contributed by atoms with Crippen LogP contribution in [0.2, 0.25) is 0 Å². The first kappa shape index (κ1) is 8.59. The Morgan fingerprint density at radius 1 is 1.25 bits per heavy atom. The van der Waals surface area contributed by atoms with E-state index in [2.05, 4.69) is 20.8 Å². The first-order valence-electron chi connectivity index (χ1n) is 5.59. The zero-order valence-electron chi connectivity index (χ0n) is 8.77. The third-order valence-electron chi connectivity index (χ3n) is 4.27. The van der Waals surface area contributed by atoms with Crippen molar-refractivity contribution in [3.05, 3.63) is 0 Å². The lowest BCUT2D eigenvalue weighted by Crippen LogP contribution is -2.26. The van der Waals surface area contributed by atoms with Crippen molar-refractivity contribution in [1.82, 2.24) is 0 Å². The molecule has 2 fully saturated rings. The summed E-state index contributed by atoms with van der Waals surface area (Å²) in [6.45, 7) is 7.32. The van der Waals surface area contributed by atoms with Crippen LogP contribution in [0, 0.1) is 23.2 Å². The van der Waals surface area contributed by atoms with Gasteiger partial charge >= 0.3 is 0 Å². The molecule has 0 radical (unpaired) electrons. The minimum Gasteiger partial charge on any atom is -0.0625 e. The number of hydrogen-bond donors (Lipinski definition) is 0. The van der Waals surface area contributed by atoms with Gasteiger partial charge in [0, 0.05) is 0 Å². The minimum absolute atomic E-state index is 0.748. The van der Waals surface area contributed by atoms with Gasteiger partial charge in [-0.15, -0.1) is 0 Å². The minimum atomic E-state index is 0.748. The van der Waals surface area contributed by atoms with Crippen molar-refractivity contribution in [2.45, 2.75) is 52.9 Å². The second-order valence-corrected chi connectivity index (χ2v) is 5.86.